The van der Waals surface area contributed by atoms with Gasteiger partial charge in [0, 0.05) is 43.2 Å². The van der Waals surface area contributed by atoms with Crippen LogP contribution in [0, 0.1) is 0 Å². The molecule has 1 N–H and O–H groups in total. The van der Waals surface area contributed by atoms with E-state index < -0.39 is 26.0 Å². The summed E-state index contributed by atoms with van der Waals surface area (Å²) in [6.45, 7) is 5.56. The molecular weight excluding hydrogens is 490 g/mol. The second-order valence-electron chi connectivity index (χ2n) is 8.85. The number of nitrogens with one attached hydrogen (secondary N) is 1. The number of fused-ring (bicyclic) bond motifs is 1. The maximum atomic E-state index is 13.2. The van der Waals surface area contributed by atoms with Crippen LogP contribution in [0.15, 0.2) is 64.5 Å². The van der Waals surface area contributed by atoms with Gasteiger partial charge in [-0.3, -0.25) is 4.79 Å². The Morgan fingerprint density at radius 2 is 1.63 bits per heavy atom. The SMILES string of the molecule is CC(=O)NS(=O)(=O)c1cn(C2CCN(S(=O)(=O)c3ccc(OC(C)C)cc3)CC2)c2ccccc12. The summed E-state index contributed by atoms with van der Waals surface area (Å²) in [5.41, 5.74) is 0.721. The standard InChI is InChI=1S/C24H29N3O6S2/c1-17(2)33-20-8-10-21(11-9-20)35(31,32)26-14-12-19(13-15-26)27-16-24(34(29,30)25-18(3)28)22-6-4-5-7-23(22)27/h4-11,16-17,19H,12-15H2,1-3H3,(H,25,28). The van der Waals surface area contributed by atoms with Gasteiger partial charge in [-0.1, -0.05) is 18.2 Å². The molecule has 3 aromatic rings. The van der Waals surface area contributed by atoms with Crippen molar-refractivity contribution in [2.45, 2.75) is 55.5 Å². The molecule has 0 bridgehead atoms. The van der Waals surface area contributed by atoms with Gasteiger partial charge in [0.15, 0.2) is 0 Å². The van der Waals surface area contributed by atoms with Gasteiger partial charge in [-0.2, -0.15) is 4.31 Å². The Morgan fingerprint density at radius 3 is 2.23 bits per heavy atom. The molecule has 1 aliphatic rings. The summed E-state index contributed by atoms with van der Waals surface area (Å²) in [5.74, 6) is -0.0497. The number of aromatic nitrogens is 1. The van der Waals surface area contributed by atoms with Crippen LogP contribution >= 0.6 is 0 Å². The number of nitrogens with zero attached hydrogens (tertiary/aromatic N) is 2. The lowest BCUT2D eigenvalue weighted by molar-refractivity contribution is -0.117. The second-order valence-corrected chi connectivity index (χ2v) is 12.4. The fourth-order valence-corrected chi connectivity index (χ4v) is 7.08. The number of carbonyl (C=O) groups is 1. The molecule has 0 unspecified atom stereocenters. The lowest BCUT2D eigenvalue weighted by Gasteiger charge is -2.32. The molecule has 11 heteroatoms. The number of hydrogen-bond donors (Lipinski definition) is 1. The first-order valence-electron chi connectivity index (χ1n) is 11.4. The van der Waals surface area contributed by atoms with Crippen molar-refractivity contribution in [3.63, 3.8) is 0 Å². The van der Waals surface area contributed by atoms with E-state index in [1.165, 1.54) is 10.5 Å². The molecule has 1 amide bonds. The molecular formula is C24H29N3O6S2. The van der Waals surface area contributed by atoms with Crippen LogP contribution in [0.2, 0.25) is 0 Å². The number of ether oxygens (including phenoxy) is 1. The summed E-state index contributed by atoms with van der Waals surface area (Å²) in [6, 6.07) is 13.4. The predicted molar refractivity (Wildman–Crippen MR) is 132 cm³/mol. The van der Waals surface area contributed by atoms with Crippen LogP contribution < -0.4 is 9.46 Å². The highest BCUT2D eigenvalue weighted by Crippen LogP contribution is 2.33. The normalized spacial score (nSPS) is 16.0. The van der Waals surface area contributed by atoms with Crippen molar-refractivity contribution >= 4 is 36.9 Å². The Bertz CT molecular complexity index is 1440. The molecule has 9 nitrogen and oxygen atoms in total. The largest absolute Gasteiger partial charge is 0.491 e. The molecule has 0 spiro atoms. The van der Waals surface area contributed by atoms with Crippen LogP contribution in [0.1, 0.15) is 39.7 Å². The molecule has 0 radical (unpaired) electrons. The van der Waals surface area contributed by atoms with E-state index in [9.17, 15) is 21.6 Å². The van der Waals surface area contributed by atoms with Gasteiger partial charge < -0.3 is 9.30 Å². The molecule has 0 saturated carbocycles. The Balaban J connectivity index is 1.55. The lowest BCUT2D eigenvalue weighted by Crippen LogP contribution is -2.39. The quantitative estimate of drug-likeness (QED) is 0.512. The van der Waals surface area contributed by atoms with Crippen molar-refractivity contribution in [1.82, 2.24) is 13.6 Å². The predicted octanol–water partition coefficient (Wildman–Crippen LogP) is 3.28. The highest BCUT2D eigenvalue weighted by Gasteiger charge is 2.32. The average molecular weight is 520 g/mol. The maximum Gasteiger partial charge on any atom is 0.266 e. The van der Waals surface area contributed by atoms with Crippen molar-refractivity contribution in [2.75, 3.05) is 13.1 Å². The van der Waals surface area contributed by atoms with Gasteiger partial charge >= 0.3 is 0 Å². The van der Waals surface area contributed by atoms with Crippen LogP contribution in [-0.4, -0.2) is 50.8 Å². The molecule has 1 saturated heterocycles. The molecule has 2 aromatic carbocycles. The van der Waals surface area contributed by atoms with E-state index in [-0.39, 0.29) is 21.9 Å². The number of rotatable bonds is 7. The molecule has 1 fully saturated rings. The highest BCUT2D eigenvalue weighted by atomic mass is 32.2. The zero-order valence-electron chi connectivity index (χ0n) is 19.8. The number of para-hydroxylation sites is 1. The van der Waals surface area contributed by atoms with Crippen molar-refractivity contribution in [3.8, 4) is 5.75 Å². The van der Waals surface area contributed by atoms with Gasteiger partial charge in [0.25, 0.3) is 10.0 Å². The van der Waals surface area contributed by atoms with Crippen LogP contribution in [0.5, 0.6) is 5.75 Å². The van der Waals surface area contributed by atoms with E-state index in [0.717, 1.165) is 12.4 Å². The lowest BCUT2D eigenvalue weighted by atomic mass is 10.1. The molecule has 0 aliphatic carbocycles. The summed E-state index contributed by atoms with van der Waals surface area (Å²) in [5, 5.41) is 0.514. The first-order chi connectivity index (χ1) is 16.5. The Morgan fingerprint density at radius 1 is 1.00 bits per heavy atom. The average Bonchev–Trinajstić information content (AvgIpc) is 3.19. The van der Waals surface area contributed by atoms with Crippen molar-refractivity contribution in [2.24, 2.45) is 0 Å². The smallest absolute Gasteiger partial charge is 0.266 e. The fourth-order valence-electron chi connectivity index (χ4n) is 4.41. The molecule has 2 heterocycles. The van der Waals surface area contributed by atoms with Gasteiger partial charge in [-0.05, 0) is 57.0 Å². The number of sulfonamides is 2. The minimum absolute atomic E-state index is 0.00463. The molecule has 1 aromatic heterocycles. The van der Waals surface area contributed by atoms with E-state index in [0.29, 0.717) is 37.1 Å². The zero-order chi connectivity index (χ0) is 25.4. The van der Waals surface area contributed by atoms with E-state index in [1.807, 2.05) is 35.3 Å². The summed E-state index contributed by atoms with van der Waals surface area (Å²) in [7, 11) is -7.68. The third kappa shape index (κ3) is 5.21. The van der Waals surface area contributed by atoms with E-state index in [4.69, 9.17) is 4.74 Å². The first kappa shape index (κ1) is 25.2. The highest BCUT2D eigenvalue weighted by molar-refractivity contribution is 7.90. The van der Waals surface area contributed by atoms with Crippen LogP contribution in [0.4, 0.5) is 0 Å². The van der Waals surface area contributed by atoms with Crippen molar-refractivity contribution in [3.05, 3.63) is 54.7 Å². The van der Waals surface area contributed by atoms with Crippen LogP contribution in [0.3, 0.4) is 0 Å². The van der Waals surface area contributed by atoms with Crippen molar-refractivity contribution < 1.29 is 26.4 Å². The molecule has 188 valence electrons. The number of carbonyl (C=O) groups excluding carboxylic acids is 1. The van der Waals surface area contributed by atoms with Crippen LogP contribution in [-0.2, 0) is 24.8 Å². The molecule has 35 heavy (non-hydrogen) atoms. The van der Waals surface area contributed by atoms with Gasteiger partial charge in [-0.15, -0.1) is 0 Å². The number of benzene rings is 2. The minimum Gasteiger partial charge on any atom is -0.491 e. The summed E-state index contributed by atoms with van der Waals surface area (Å²) < 4.78 is 62.8. The molecule has 1 aliphatic heterocycles. The summed E-state index contributed by atoms with van der Waals surface area (Å²) in [4.78, 5) is 11.7. The van der Waals surface area contributed by atoms with Crippen LogP contribution in [0.25, 0.3) is 10.9 Å². The number of piperidine rings is 1. The fraction of sp³-hybridized carbons (Fsp3) is 0.375. The monoisotopic (exact) mass is 519 g/mol. The van der Waals surface area contributed by atoms with Gasteiger partial charge in [0.1, 0.15) is 10.6 Å². The zero-order valence-corrected chi connectivity index (χ0v) is 21.5. The topological polar surface area (TPSA) is 115 Å². The third-order valence-corrected chi connectivity index (χ3v) is 9.30. The summed E-state index contributed by atoms with van der Waals surface area (Å²) >= 11 is 0. The Hall–Kier alpha value is -2.89. The van der Waals surface area contributed by atoms with E-state index >= 15 is 0 Å². The third-order valence-electron chi connectivity index (χ3n) is 5.92. The number of hydrogen-bond acceptors (Lipinski definition) is 6. The maximum absolute atomic E-state index is 13.2. The van der Waals surface area contributed by atoms with Gasteiger partial charge in [-0.25, -0.2) is 21.6 Å². The second kappa shape index (κ2) is 9.63. The molecule has 4 rings (SSSR count). The van der Waals surface area contributed by atoms with E-state index in [2.05, 4.69) is 0 Å². The summed E-state index contributed by atoms with van der Waals surface area (Å²) in [6.07, 6.45) is 2.58. The van der Waals surface area contributed by atoms with Gasteiger partial charge in [0.05, 0.1) is 11.0 Å². The Kier molecular flexibility index (Phi) is 6.94. The number of amides is 1. The van der Waals surface area contributed by atoms with Gasteiger partial charge in [0.2, 0.25) is 15.9 Å². The Labute approximate surface area is 205 Å². The van der Waals surface area contributed by atoms with E-state index in [1.54, 1.807) is 36.4 Å². The minimum atomic E-state index is -4.02. The molecule has 0 atom stereocenters. The van der Waals surface area contributed by atoms with Crippen molar-refractivity contribution in [1.29, 1.82) is 0 Å². The first-order valence-corrected chi connectivity index (χ1v) is 14.3.